The second-order valence-electron chi connectivity index (χ2n) is 7.18. The summed E-state index contributed by atoms with van der Waals surface area (Å²) in [5.74, 6) is 1.67. The lowest BCUT2D eigenvalue weighted by Gasteiger charge is -2.11. The van der Waals surface area contributed by atoms with Gasteiger partial charge in [0, 0.05) is 19.5 Å². The molecule has 0 aliphatic heterocycles. The number of imidazole rings is 1. The zero-order chi connectivity index (χ0) is 19.9. The van der Waals surface area contributed by atoms with Crippen LogP contribution in [0.15, 0.2) is 42.5 Å². The van der Waals surface area contributed by atoms with Crippen LogP contribution in [-0.4, -0.2) is 28.6 Å². The number of nitrogens with zero attached hydrogens (tertiary/aromatic N) is 2. The Morgan fingerprint density at radius 1 is 1.18 bits per heavy atom. The maximum Gasteiger partial charge on any atom is 0.257 e. The molecule has 0 aliphatic rings. The first-order chi connectivity index (χ1) is 13.6. The summed E-state index contributed by atoms with van der Waals surface area (Å²) in [6.07, 6.45) is 2.95. The molecule has 0 atom stereocenters. The van der Waals surface area contributed by atoms with Crippen LogP contribution in [-0.2, 0) is 17.8 Å². The summed E-state index contributed by atoms with van der Waals surface area (Å²) in [6.45, 7) is 7.70. The maximum atomic E-state index is 12.2. The molecule has 28 heavy (non-hydrogen) atoms. The number of para-hydroxylation sites is 2. The molecular weight excluding hydrogens is 350 g/mol. The highest BCUT2D eigenvalue weighted by atomic mass is 16.5. The van der Waals surface area contributed by atoms with Gasteiger partial charge >= 0.3 is 0 Å². The van der Waals surface area contributed by atoms with Crippen LogP contribution in [0.5, 0.6) is 5.75 Å². The molecule has 5 nitrogen and oxygen atoms in total. The lowest BCUT2D eigenvalue weighted by molar-refractivity contribution is -0.123. The van der Waals surface area contributed by atoms with Gasteiger partial charge in [0.1, 0.15) is 11.6 Å². The molecule has 0 saturated heterocycles. The molecule has 2 aromatic carbocycles. The van der Waals surface area contributed by atoms with Crippen LogP contribution < -0.4 is 10.1 Å². The van der Waals surface area contributed by atoms with E-state index in [1.165, 1.54) is 0 Å². The lowest BCUT2D eigenvalue weighted by atomic mass is 10.1. The van der Waals surface area contributed by atoms with Gasteiger partial charge in [0.25, 0.3) is 5.91 Å². The number of amides is 1. The van der Waals surface area contributed by atoms with Crippen LogP contribution >= 0.6 is 0 Å². The minimum atomic E-state index is -0.114. The SMILES string of the molecule is CCCCn1c(CCNC(=O)COc2cc(C)ccc2C)nc2ccccc21. The Bertz CT molecular complexity index is 946. The van der Waals surface area contributed by atoms with Crippen molar-refractivity contribution < 1.29 is 9.53 Å². The molecule has 0 aliphatic carbocycles. The van der Waals surface area contributed by atoms with Crippen molar-refractivity contribution in [1.82, 2.24) is 14.9 Å². The van der Waals surface area contributed by atoms with Crippen molar-refractivity contribution >= 4 is 16.9 Å². The van der Waals surface area contributed by atoms with Gasteiger partial charge in [-0.3, -0.25) is 4.79 Å². The van der Waals surface area contributed by atoms with Gasteiger partial charge in [-0.1, -0.05) is 37.6 Å². The summed E-state index contributed by atoms with van der Waals surface area (Å²) in [4.78, 5) is 16.9. The molecule has 0 saturated carbocycles. The minimum Gasteiger partial charge on any atom is -0.483 e. The van der Waals surface area contributed by atoms with E-state index in [2.05, 4.69) is 22.9 Å². The third kappa shape index (κ3) is 4.91. The standard InChI is InChI=1S/C23H29N3O2/c1-4-5-14-26-20-9-7-6-8-19(20)25-22(26)12-13-24-23(27)16-28-21-15-17(2)10-11-18(21)3/h6-11,15H,4-5,12-14,16H2,1-3H3,(H,24,27). The van der Waals surface area contributed by atoms with Crippen molar-refractivity contribution in [2.75, 3.05) is 13.2 Å². The van der Waals surface area contributed by atoms with Gasteiger partial charge in [-0.25, -0.2) is 4.98 Å². The summed E-state index contributed by atoms with van der Waals surface area (Å²) in [6, 6.07) is 14.2. The smallest absolute Gasteiger partial charge is 0.257 e. The number of aryl methyl sites for hydroxylation is 3. The van der Waals surface area contributed by atoms with E-state index in [1.807, 2.05) is 50.2 Å². The molecule has 5 heteroatoms. The van der Waals surface area contributed by atoms with Crippen LogP contribution in [0.1, 0.15) is 36.7 Å². The normalized spacial score (nSPS) is 11.0. The Balaban J connectivity index is 1.55. The third-order valence-corrected chi connectivity index (χ3v) is 4.84. The van der Waals surface area contributed by atoms with Gasteiger partial charge in [-0.15, -0.1) is 0 Å². The average molecular weight is 380 g/mol. The van der Waals surface area contributed by atoms with E-state index in [9.17, 15) is 4.79 Å². The predicted octanol–water partition coefficient (Wildman–Crippen LogP) is 4.19. The number of carbonyl (C=O) groups excluding carboxylic acids is 1. The monoisotopic (exact) mass is 379 g/mol. The van der Waals surface area contributed by atoms with Crippen LogP contribution in [0.3, 0.4) is 0 Å². The van der Waals surface area contributed by atoms with Gasteiger partial charge < -0.3 is 14.6 Å². The van der Waals surface area contributed by atoms with Crippen molar-refractivity contribution in [3.8, 4) is 5.75 Å². The molecule has 3 rings (SSSR count). The summed E-state index contributed by atoms with van der Waals surface area (Å²) in [7, 11) is 0. The van der Waals surface area contributed by atoms with Crippen LogP contribution in [0.4, 0.5) is 0 Å². The molecule has 0 radical (unpaired) electrons. The highest BCUT2D eigenvalue weighted by Gasteiger charge is 2.11. The summed E-state index contributed by atoms with van der Waals surface area (Å²) < 4.78 is 7.95. The van der Waals surface area contributed by atoms with E-state index in [4.69, 9.17) is 9.72 Å². The van der Waals surface area contributed by atoms with E-state index in [1.54, 1.807) is 0 Å². The Morgan fingerprint density at radius 3 is 2.82 bits per heavy atom. The number of nitrogens with one attached hydrogen (secondary N) is 1. The van der Waals surface area contributed by atoms with Crippen molar-refractivity contribution in [2.24, 2.45) is 0 Å². The van der Waals surface area contributed by atoms with Gasteiger partial charge in [0.2, 0.25) is 0 Å². The molecular formula is C23H29N3O2. The molecule has 0 spiro atoms. The van der Waals surface area contributed by atoms with Crippen molar-refractivity contribution in [1.29, 1.82) is 0 Å². The molecule has 1 N–H and O–H groups in total. The highest BCUT2D eigenvalue weighted by Crippen LogP contribution is 2.19. The molecule has 1 amide bonds. The van der Waals surface area contributed by atoms with E-state index in [0.717, 1.165) is 53.1 Å². The van der Waals surface area contributed by atoms with Crippen molar-refractivity contribution in [2.45, 2.75) is 46.6 Å². The fourth-order valence-electron chi connectivity index (χ4n) is 3.25. The Morgan fingerprint density at radius 2 is 2.00 bits per heavy atom. The van der Waals surface area contributed by atoms with Crippen LogP contribution in [0.25, 0.3) is 11.0 Å². The van der Waals surface area contributed by atoms with Gasteiger partial charge in [-0.05, 0) is 49.6 Å². The average Bonchev–Trinajstić information content (AvgIpc) is 3.04. The first-order valence-electron chi connectivity index (χ1n) is 9.99. The Hall–Kier alpha value is -2.82. The summed E-state index contributed by atoms with van der Waals surface area (Å²) >= 11 is 0. The van der Waals surface area contributed by atoms with Gasteiger partial charge in [0.15, 0.2) is 6.61 Å². The minimum absolute atomic E-state index is 0.0243. The largest absolute Gasteiger partial charge is 0.483 e. The van der Waals surface area contributed by atoms with Crippen LogP contribution in [0, 0.1) is 13.8 Å². The first kappa shape index (κ1) is 19.9. The number of unbranched alkanes of at least 4 members (excludes halogenated alkanes) is 1. The van der Waals surface area contributed by atoms with E-state index >= 15 is 0 Å². The maximum absolute atomic E-state index is 12.2. The molecule has 0 unspecified atom stereocenters. The zero-order valence-corrected chi connectivity index (χ0v) is 17.0. The summed E-state index contributed by atoms with van der Waals surface area (Å²) in [5, 5.41) is 2.95. The number of hydrogen-bond acceptors (Lipinski definition) is 3. The van der Waals surface area contributed by atoms with Crippen molar-refractivity contribution in [3.05, 3.63) is 59.4 Å². The number of ether oxygens (including phenoxy) is 1. The molecule has 0 bridgehead atoms. The fraction of sp³-hybridized carbons (Fsp3) is 0.391. The van der Waals surface area contributed by atoms with Crippen molar-refractivity contribution in [3.63, 3.8) is 0 Å². The Kier molecular flexibility index (Phi) is 6.69. The fourth-order valence-corrected chi connectivity index (χ4v) is 3.25. The second kappa shape index (κ2) is 9.40. The van der Waals surface area contributed by atoms with Gasteiger partial charge in [0.05, 0.1) is 11.0 Å². The second-order valence-corrected chi connectivity index (χ2v) is 7.18. The number of fused-ring (bicyclic) bond motifs is 1. The van der Waals surface area contributed by atoms with E-state index in [0.29, 0.717) is 13.0 Å². The highest BCUT2D eigenvalue weighted by molar-refractivity contribution is 5.78. The van der Waals surface area contributed by atoms with E-state index < -0.39 is 0 Å². The summed E-state index contributed by atoms with van der Waals surface area (Å²) in [5.41, 5.74) is 4.32. The predicted molar refractivity (Wildman–Crippen MR) is 113 cm³/mol. The lowest BCUT2D eigenvalue weighted by Crippen LogP contribution is -2.31. The number of aromatic nitrogens is 2. The quantitative estimate of drug-likeness (QED) is 0.606. The topological polar surface area (TPSA) is 56.2 Å². The number of carbonyl (C=O) groups is 1. The first-order valence-corrected chi connectivity index (χ1v) is 9.99. The number of rotatable bonds is 9. The third-order valence-electron chi connectivity index (χ3n) is 4.84. The number of hydrogen-bond donors (Lipinski definition) is 1. The van der Waals surface area contributed by atoms with Crippen LogP contribution in [0.2, 0.25) is 0 Å². The number of benzene rings is 2. The van der Waals surface area contributed by atoms with Gasteiger partial charge in [-0.2, -0.15) is 0 Å². The molecule has 3 aromatic rings. The molecule has 148 valence electrons. The molecule has 1 aromatic heterocycles. The van der Waals surface area contributed by atoms with E-state index in [-0.39, 0.29) is 12.5 Å². The molecule has 1 heterocycles. The molecule has 0 fully saturated rings. The Labute approximate surface area is 166 Å². The zero-order valence-electron chi connectivity index (χ0n) is 17.0.